The van der Waals surface area contributed by atoms with E-state index < -0.39 is 0 Å². The van der Waals surface area contributed by atoms with Gasteiger partial charge in [0, 0.05) is 23.0 Å². The van der Waals surface area contributed by atoms with Crippen LogP contribution in [0.5, 0.6) is 0 Å². The number of hydrogen-bond donors (Lipinski definition) is 4. The molecule has 0 bridgehead atoms. The predicted octanol–water partition coefficient (Wildman–Crippen LogP) is 7.44. The second-order valence-corrected chi connectivity index (χ2v) is 12.8. The van der Waals surface area contributed by atoms with Gasteiger partial charge in [0.05, 0.1) is 45.4 Å². The zero-order chi connectivity index (χ0) is 28.5. The Morgan fingerprint density at radius 2 is 1.07 bits per heavy atom. The zero-order valence-corrected chi connectivity index (χ0v) is 24.6. The summed E-state index contributed by atoms with van der Waals surface area (Å²) >= 11 is 0. The summed E-state index contributed by atoms with van der Waals surface area (Å²) in [6.07, 6.45) is 2.22. The van der Waals surface area contributed by atoms with Crippen LogP contribution in [0.1, 0.15) is 64.3 Å². The normalized spacial score (nSPS) is 26.2. The van der Waals surface area contributed by atoms with Crippen LogP contribution in [0.4, 0.5) is 0 Å². The molecule has 3 aromatic carbocycles. The molecule has 0 radical (unpaired) electrons. The van der Waals surface area contributed by atoms with Crippen LogP contribution in [0.25, 0.3) is 55.4 Å². The molecule has 2 fully saturated rings. The van der Waals surface area contributed by atoms with E-state index in [1.165, 1.54) is 11.1 Å². The number of aromatic nitrogens is 5. The van der Waals surface area contributed by atoms with E-state index in [1.54, 1.807) is 0 Å². The molecule has 7 heteroatoms. The largest absolute Gasteiger partial charge is 0.341 e. The average Bonchev–Trinajstić information content (AvgIpc) is 3.77. The molecule has 4 N–H and O–H groups in total. The number of benzene rings is 3. The fraction of sp³-hybridized carbons (Fsp3) is 0.343. The summed E-state index contributed by atoms with van der Waals surface area (Å²) in [7, 11) is 0. The number of hydrogen-bond acceptors (Lipinski definition) is 5. The minimum atomic E-state index is 0.284. The molecule has 0 aliphatic carbocycles. The second kappa shape index (κ2) is 9.75. The molecule has 8 rings (SSSR count). The Labute approximate surface area is 245 Å². The molecule has 2 saturated heterocycles. The van der Waals surface area contributed by atoms with Crippen molar-refractivity contribution in [3.63, 3.8) is 0 Å². The number of pyridine rings is 1. The van der Waals surface area contributed by atoms with Crippen molar-refractivity contribution in [1.82, 2.24) is 35.6 Å². The number of imidazole rings is 2. The van der Waals surface area contributed by atoms with Crippen LogP contribution < -0.4 is 10.6 Å². The number of H-pyrrole nitrogens is 2. The van der Waals surface area contributed by atoms with E-state index in [1.807, 2.05) is 0 Å². The van der Waals surface area contributed by atoms with Gasteiger partial charge in [0.15, 0.2) is 0 Å². The molecule has 0 spiro atoms. The molecule has 6 aromatic rings. The first kappa shape index (κ1) is 25.6. The molecule has 42 heavy (non-hydrogen) atoms. The van der Waals surface area contributed by atoms with E-state index in [2.05, 4.69) is 115 Å². The number of rotatable bonds is 4. The van der Waals surface area contributed by atoms with Crippen LogP contribution in [-0.2, 0) is 0 Å². The fourth-order valence-electron chi connectivity index (χ4n) is 6.83. The van der Waals surface area contributed by atoms with Crippen LogP contribution in [0.15, 0.2) is 66.7 Å². The molecule has 2 aliphatic rings. The topological polar surface area (TPSA) is 94.3 Å². The first-order chi connectivity index (χ1) is 20.4. The molecular formula is C35H37N7. The molecule has 6 atom stereocenters. The number of nitrogens with zero attached hydrogens (tertiary/aromatic N) is 3. The lowest BCUT2D eigenvalue weighted by atomic mass is 10.0. The maximum atomic E-state index is 5.03. The molecule has 5 heterocycles. The molecule has 0 amide bonds. The summed E-state index contributed by atoms with van der Waals surface area (Å²) in [6, 6.07) is 25.3. The van der Waals surface area contributed by atoms with E-state index in [0.29, 0.717) is 30.0 Å². The summed E-state index contributed by atoms with van der Waals surface area (Å²) < 4.78 is 0. The van der Waals surface area contributed by atoms with E-state index in [9.17, 15) is 0 Å². The van der Waals surface area contributed by atoms with Crippen LogP contribution in [0.2, 0.25) is 0 Å². The Morgan fingerprint density at radius 3 is 1.64 bits per heavy atom. The highest BCUT2D eigenvalue weighted by atomic mass is 15.1. The minimum Gasteiger partial charge on any atom is -0.341 e. The van der Waals surface area contributed by atoms with Gasteiger partial charge in [-0.1, -0.05) is 38.1 Å². The van der Waals surface area contributed by atoms with Gasteiger partial charge in [-0.25, -0.2) is 15.0 Å². The highest BCUT2D eigenvalue weighted by Gasteiger charge is 2.31. The summed E-state index contributed by atoms with van der Waals surface area (Å²) in [5.74, 6) is 3.37. The van der Waals surface area contributed by atoms with Gasteiger partial charge >= 0.3 is 0 Å². The molecule has 7 nitrogen and oxygen atoms in total. The van der Waals surface area contributed by atoms with Crippen molar-refractivity contribution in [2.75, 3.05) is 0 Å². The van der Waals surface area contributed by atoms with Crippen molar-refractivity contribution >= 4 is 33.0 Å². The second-order valence-electron chi connectivity index (χ2n) is 12.8. The van der Waals surface area contributed by atoms with Crippen molar-refractivity contribution in [2.24, 2.45) is 11.8 Å². The van der Waals surface area contributed by atoms with Gasteiger partial charge in [-0.15, -0.1) is 0 Å². The molecule has 0 saturated carbocycles. The Morgan fingerprint density at radius 1 is 0.548 bits per heavy atom. The van der Waals surface area contributed by atoms with E-state index in [4.69, 9.17) is 15.0 Å². The number of fused-ring (bicyclic) bond motifs is 3. The number of nitrogens with one attached hydrogen (secondary N) is 4. The van der Waals surface area contributed by atoms with Gasteiger partial charge in [-0.05, 0) is 92.1 Å². The summed E-state index contributed by atoms with van der Waals surface area (Å²) in [6.45, 7) is 9.11. The average molecular weight is 556 g/mol. The van der Waals surface area contributed by atoms with Gasteiger partial charge in [0.2, 0.25) is 0 Å². The fourth-order valence-corrected chi connectivity index (χ4v) is 6.83. The van der Waals surface area contributed by atoms with Crippen molar-refractivity contribution in [2.45, 2.75) is 64.7 Å². The van der Waals surface area contributed by atoms with Gasteiger partial charge in [-0.2, -0.15) is 0 Å². The van der Waals surface area contributed by atoms with Gasteiger partial charge in [0.1, 0.15) is 11.6 Å². The lowest BCUT2D eigenvalue weighted by molar-refractivity contribution is 0.516. The Balaban J connectivity index is 1.06. The predicted molar refractivity (Wildman–Crippen MR) is 170 cm³/mol. The maximum Gasteiger partial charge on any atom is 0.124 e. The zero-order valence-electron chi connectivity index (χ0n) is 24.6. The third kappa shape index (κ3) is 4.39. The standard InChI is InChI=1S/C35H37N7/c1-18-13-32(36-20(18)3)34-39-28-11-6-23(16-30(28)41-34)22-5-9-26-24(15-22)7-10-27(38-26)25-8-12-29-31(17-25)42-35(40-29)33-14-19(2)21(4)37-33/h5-12,15-21,32-33,36-37H,13-14H2,1-4H3,(H,39,41)(H,40,42)/t18-,19-,20-,21-,32+,33+/m1/s1. The van der Waals surface area contributed by atoms with Gasteiger partial charge in [-0.3, -0.25) is 0 Å². The molecular weight excluding hydrogens is 518 g/mol. The lowest BCUT2D eigenvalue weighted by Crippen LogP contribution is -2.24. The third-order valence-electron chi connectivity index (χ3n) is 9.83. The third-order valence-corrected chi connectivity index (χ3v) is 9.83. The Bertz CT molecular complexity index is 1790. The lowest BCUT2D eigenvalue weighted by Gasteiger charge is -2.08. The quantitative estimate of drug-likeness (QED) is 0.181. The maximum absolute atomic E-state index is 5.03. The van der Waals surface area contributed by atoms with E-state index >= 15 is 0 Å². The Kier molecular flexibility index (Phi) is 5.95. The summed E-state index contributed by atoms with van der Waals surface area (Å²) in [5.41, 5.74) is 9.53. The molecule has 0 unspecified atom stereocenters. The van der Waals surface area contributed by atoms with E-state index in [0.717, 1.165) is 68.7 Å². The number of aromatic amines is 2. The van der Waals surface area contributed by atoms with Crippen LogP contribution >= 0.6 is 0 Å². The van der Waals surface area contributed by atoms with Crippen molar-refractivity contribution < 1.29 is 0 Å². The van der Waals surface area contributed by atoms with E-state index in [-0.39, 0.29) is 6.04 Å². The molecule has 3 aromatic heterocycles. The van der Waals surface area contributed by atoms with Gasteiger partial charge < -0.3 is 20.6 Å². The highest BCUT2D eigenvalue weighted by molar-refractivity contribution is 5.89. The van der Waals surface area contributed by atoms with Crippen LogP contribution in [0, 0.1) is 11.8 Å². The highest BCUT2D eigenvalue weighted by Crippen LogP contribution is 2.34. The summed E-state index contributed by atoms with van der Waals surface area (Å²) in [5, 5.41) is 8.48. The smallest absolute Gasteiger partial charge is 0.124 e. The SMILES string of the molecule is C[C@@H]1C[C@@H](c2nc3ccc(-c4ccc5nc(-c6ccc7nc([C@@H]8C[C@@H](C)[C@@H](C)N8)[nH]c7c6)ccc5c4)cc3[nH]2)N[C@@H]1C. The van der Waals surface area contributed by atoms with Crippen LogP contribution in [-0.4, -0.2) is 37.0 Å². The summed E-state index contributed by atoms with van der Waals surface area (Å²) in [4.78, 5) is 22.0. The van der Waals surface area contributed by atoms with Crippen molar-refractivity contribution in [3.05, 3.63) is 78.4 Å². The Hall–Kier alpha value is -4.07. The minimum absolute atomic E-state index is 0.284. The monoisotopic (exact) mass is 555 g/mol. The molecule has 2 aliphatic heterocycles. The van der Waals surface area contributed by atoms with Gasteiger partial charge in [0.25, 0.3) is 0 Å². The first-order valence-electron chi connectivity index (χ1n) is 15.3. The van der Waals surface area contributed by atoms with Crippen molar-refractivity contribution in [3.8, 4) is 22.4 Å². The van der Waals surface area contributed by atoms with Crippen molar-refractivity contribution in [1.29, 1.82) is 0 Å². The molecule has 212 valence electrons. The van der Waals surface area contributed by atoms with Crippen LogP contribution in [0.3, 0.4) is 0 Å². The first-order valence-corrected chi connectivity index (χ1v) is 15.3.